The van der Waals surface area contributed by atoms with Gasteiger partial charge in [-0.15, -0.1) is 0 Å². The largest absolute Gasteiger partial charge is 0.756 e. The Morgan fingerprint density at radius 3 is 0.962 bits per heavy atom. The number of hydrogen-bond donors (Lipinski definition) is 6. The molecule has 0 rings (SSSR count). The summed E-state index contributed by atoms with van der Waals surface area (Å²) in [5.74, 6) is 0. The minimum Gasteiger partial charge on any atom is -0.756 e. The molecular weight excluding hydrogens is 386 g/mol. The maximum absolute atomic E-state index is 8.77. The molecule has 0 aliphatic heterocycles. The minimum absolute atomic E-state index is 1.11. The van der Waals surface area contributed by atoms with Crippen LogP contribution < -0.4 is 21.3 Å². The van der Waals surface area contributed by atoms with Crippen molar-refractivity contribution in [3.63, 3.8) is 0 Å². The molecule has 0 aliphatic rings. The number of phosphoric acid groups is 2. The third-order valence-corrected chi connectivity index (χ3v) is 2.71. The van der Waals surface area contributed by atoms with Crippen molar-refractivity contribution in [2.24, 2.45) is 0 Å². The topological polar surface area (TPSA) is 216 Å². The van der Waals surface area contributed by atoms with Crippen molar-refractivity contribution in [3.8, 4) is 0 Å². The van der Waals surface area contributed by atoms with Crippen LogP contribution >= 0.6 is 15.6 Å². The van der Waals surface area contributed by atoms with E-state index in [2.05, 4.69) is 25.3 Å². The first-order valence-corrected chi connectivity index (χ1v) is 12.0. The molecule has 26 heavy (non-hydrogen) atoms. The van der Waals surface area contributed by atoms with Crippen LogP contribution in [-0.4, -0.2) is 32.7 Å². The van der Waals surface area contributed by atoms with E-state index in [4.69, 9.17) is 38.5 Å². The molecule has 10 N–H and O–H groups in total. The summed E-state index contributed by atoms with van der Waals surface area (Å²) in [4.78, 5) is 45.8. The molecule has 0 aromatic heterocycles. The summed E-state index contributed by atoms with van der Waals surface area (Å²) in [6, 6.07) is 0. The number of rotatable bonds is 10. The van der Waals surface area contributed by atoms with Gasteiger partial charge in [0.2, 0.25) is 0 Å². The van der Waals surface area contributed by atoms with Crippen molar-refractivity contribution in [2.45, 2.75) is 78.1 Å². The normalized spacial score (nSPS) is 10.5. The van der Waals surface area contributed by atoms with Crippen LogP contribution in [0.3, 0.4) is 0 Å². The lowest BCUT2D eigenvalue weighted by molar-refractivity contribution is -0.368. The Morgan fingerprint density at radius 2 is 0.808 bits per heavy atom. The molecule has 0 atom stereocenters. The van der Waals surface area contributed by atoms with E-state index in [9.17, 15) is 0 Å². The zero-order valence-electron chi connectivity index (χ0n) is 16.2. The molecule has 0 spiro atoms. The van der Waals surface area contributed by atoms with E-state index >= 15 is 0 Å². The molecule has 0 bridgehead atoms. The third-order valence-electron chi connectivity index (χ3n) is 2.71. The number of hydrogen-bond acceptors (Lipinski definition) is 4. The van der Waals surface area contributed by atoms with Crippen LogP contribution in [0.2, 0.25) is 0 Å². The van der Waals surface area contributed by atoms with Gasteiger partial charge in [0.15, 0.2) is 0 Å². The maximum Gasteiger partial charge on any atom is 0.262 e. The molecule has 0 saturated heterocycles. The Morgan fingerprint density at radius 1 is 0.615 bits per heavy atom. The van der Waals surface area contributed by atoms with Crippen LogP contribution in [0.25, 0.3) is 0 Å². The monoisotopic (exact) mass is 426 g/mol. The Balaban J connectivity index is -0.000000127. The molecule has 0 aromatic carbocycles. The zero-order chi connectivity index (χ0) is 21.5. The molecule has 0 fully saturated rings. The van der Waals surface area contributed by atoms with Gasteiger partial charge in [0.1, 0.15) is 0 Å². The molecule has 0 heterocycles. The van der Waals surface area contributed by atoms with Gasteiger partial charge in [0.05, 0.1) is 13.1 Å². The molecule has 12 heteroatoms. The highest BCUT2D eigenvalue weighted by molar-refractivity contribution is 7.43. The minimum atomic E-state index is -4.89. The fourth-order valence-electron chi connectivity index (χ4n) is 1.56. The summed E-state index contributed by atoms with van der Waals surface area (Å²) in [6.07, 6.45) is 13.7. The van der Waals surface area contributed by atoms with E-state index < -0.39 is 15.6 Å². The van der Waals surface area contributed by atoms with Crippen LogP contribution in [0.4, 0.5) is 0 Å². The van der Waals surface area contributed by atoms with Gasteiger partial charge in [-0.3, -0.25) is 9.13 Å². The molecule has 0 saturated carbocycles. The van der Waals surface area contributed by atoms with Gasteiger partial charge < -0.3 is 40.8 Å². The number of unbranched alkanes of at least 4 members (excludes halogenated alkanes) is 8. The molecule has 164 valence electrons. The fourth-order valence-corrected chi connectivity index (χ4v) is 1.56. The smallest absolute Gasteiger partial charge is 0.262 e. The Hall–Kier alpha value is 0.140. The Labute approximate surface area is 157 Å². The molecule has 0 aliphatic carbocycles. The summed E-state index contributed by atoms with van der Waals surface area (Å²) < 4.78 is 17.5. The second-order valence-electron chi connectivity index (χ2n) is 5.52. The van der Waals surface area contributed by atoms with Gasteiger partial charge in [-0.25, -0.2) is 0 Å². The standard InChI is InChI=1S/2C7H17N.2H3O4P/c2*1-2-3-4-5-6-7-8;2*1-5(2,3)4/h2*2-8H2,1H3;2*(H3,1,2,3,4). The van der Waals surface area contributed by atoms with Crippen LogP contribution in [0.5, 0.6) is 0 Å². The average Bonchev–Trinajstić information content (AvgIpc) is 2.46. The van der Waals surface area contributed by atoms with Gasteiger partial charge in [-0.1, -0.05) is 52.4 Å². The molecule has 0 unspecified atom stereocenters. The molecule has 0 amide bonds. The van der Waals surface area contributed by atoms with Gasteiger partial charge in [0, 0.05) is 0 Å². The predicted octanol–water partition coefficient (Wildman–Crippen LogP) is -0.724. The average molecular weight is 426 g/mol. The fraction of sp³-hybridized carbons (Fsp3) is 1.00. The molecular formula is C14H40N2O8P2. The summed E-state index contributed by atoms with van der Waals surface area (Å²) in [5.41, 5.74) is 7.57. The summed E-state index contributed by atoms with van der Waals surface area (Å²) >= 11 is 0. The van der Waals surface area contributed by atoms with Gasteiger partial charge >= 0.3 is 0 Å². The maximum atomic E-state index is 8.77. The summed E-state index contributed by atoms with van der Waals surface area (Å²) in [5, 5.41) is 0. The van der Waals surface area contributed by atoms with Crippen molar-refractivity contribution < 1.29 is 50.0 Å². The van der Waals surface area contributed by atoms with E-state index in [0.29, 0.717) is 0 Å². The first kappa shape index (κ1) is 33.7. The van der Waals surface area contributed by atoms with Crippen molar-refractivity contribution >= 4 is 15.6 Å². The number of quaternary nitrogens is 2. The Kier molecular flexibility index (Phi) is 32.6. The highest BCUT2D eigenvalue weighted by atomic mass is 31.2. The van der Waals surface area contributed by atoms with E-state index in [1.165, 1.54) is 64.2 Å². The van der Waals surface area contributed by atoms with Crippen molar-refractivity contribution in [1.29, 1.82) is 0 Å². The van der Waals surface area contributed by atoms with Crippen LogP contribution in [0.1, 0.15) is 78.1 Å². The first-order valence-electron chi connectivity index (χ1n) is 8.94. The van der Waals surface area contributed by atoms with Gasteiger partial charge in [-0.2, -0.15) is 0 Å². The molecule has 10 nitrogen and oxygen atoms in total. The van der Waals surface area contributed by atoms with E-state index in [-0.39, 0.29) is 0 Å². The lowest BCUT2D eigenvalue weighted by atomic mass is 10.2. The molecule has 0 radical (unpaired) electrons. The SMILES string of the molecule is CCCCCCC[NH3+].CCCCCCC[NH3+].O=P([O-])(O)O.O=P([O-])(O)O. The summed E-state index contributed by atoms with van der Waals surface area (Å²) in [6.45, 7) is 6.71. The van der Waals surface area contributed by atoms with Gasteiger partial charge in [-0.05, 0) is 25.7 Å². The lowest BCUT2D eigenvalue weighted by Crippen LogP contribution is -2.50. The van der Waals surface area contributed by atoms with Crippen LogP contribution in [0, 0.1) is 0 Å². The van der Waals surface area contributed by atoms with Crippen molar-refractivity contribution in [1.82, 2.24) is 0 Å². The quantitative estimate of drug-likeness (QED) is 0.193. The molecule has 0 aromatic rings. The Bertz CT molecular complexity index is 276. The third kappa shape index (κ3) is 126. The zero-order valence-corrected chi connectivity index (χ0v) is 18.0. The lowest BCUT2D eigenvalue weighted by Gasteiger charge is -2.01. The van der Waals surface area contributed by atoms with Crippen molar-refractivity contribution in [2.75, 3.05) is 13.1 Å². The second-order valence-corrected chi connectivity index (χ2v) is 7.48. The van der Waals surface area contributed by atoms with E-state index in [1.54, 1.807) is 0 Å². The second kappa shape index (κ2) is 25.1. The van der Waals surface area contributed by atoms with Gasteiger partial charge in [0.25, 0.3) is 15.6 Å². The highest BCUT2D eigenvalue weighted by Gasteiger charge is 1.86. The van der Waals surface area contributed by atoms with Crippen LogP contribution in [-0.2, 0) is 9.13 Å². The van der Waals surface area contributed by atoms with Crippen molar-refractivity contribution in [3.05, 3.63) is 0 Å². The highest BCUT2D eigenvalue weighted by Crippen LogP contribution is 2.19. The van der Waals surface area contributed by atoms with E-state index in [0.717, 1.165) is 13.1 Å². The predicted molar refractivity (Wildman–Crippen MR) is 97.1 cm³/mol. The van der Waals surface area contributed by atoms with E-state index in [1.807, 2.05) is 0 Å². The first-order chi connectivity index (χ1) is 11.8. The van der Waals surface area contributed by atoms with Crippen LogP contribution in [0.15, 0.2) is 0 Å². The summed E-state index contributed by atoms with van der Waals surface area (Å²) in [7, 11) is -9.78.